The normalized spacial score (nSPS) is 9.58. The predicted octanol–water partition coefficient (Wildman–Crippen LogP) is 2.88. The van der Waals surface area contributed by atoms with E-state index in [1.54, 1.807) is 0 Å². The average Bonchev–Trinajstić information content (AvgIpc) is 2.34. The molecule has 12 heavy (non-hydrogen) atoms. The molecule has 0 aliphatic heterocycles. The molecule has 70 valence electrons. The third-order valence-electron chi connectivity index (χ3n) is 1.60. The minimum absolute atomic E-state index is 0.543. The molecule has 0 aliphatic rings. The van der Waals surface area contributed by atoms with Crippen LogP contribution in [0.2, 0.25) is 0 Å². The number of hydrogen-bond acceptors (Lipinski definition) is 1. The monoisotopic (exact) mass is 168 g/mol. The summed E-state index contributed by atoms with van der Waals surface area (Å²) >= 11 is 0. The van der Waals surface area contributed by atoms with Gasteiger partial charge in [-0.2, -0.15) is 5.10 Å². The fourth-order valence-corrected chi connectivity index (χ4v) is 1.19. The maximum atomic E-state index is 4.33. The molecule has 0 atom stereocenters. The fraction of sp³-hybridized carbons (Fsp3) is 0.700. The van der Waals surface area contributed by atoms with Crippen LogP contribution in [0.5, 0.6) is 0 Å². The number of aromatic nitrogens is 2. The molecule has 0 radical (unpaired) electrons. The lowest BCUT2D eigenvalue weighted by atomic mass is 10.1. The second kappa shape index (κ2) is 4.96. The largest absolute Gasteiger partial charge is 0.275 e. The highest BCUT2D eigenvalue weighted by molar-refractivity contribution is 5.17. The Bertz CT molecular complexity index is 224. The highest BCUT2D eigenvalue weighted by Gasteiger charge is 2.05. The summed E-state index contributed by atoms with van der Waals surface area (Å²) in [5.74, 6) is 0.543. The molecule has 0 N–H and O–H groups in total. The van der Waals surface area contributed by atoms with Gasteiger partial charge in [0.1, 0.15) is 0 Å². The van der Waals surface area contributed by atoms with Crippen molar-refractivity contribution in [2.45, 2.75) is 40.5 Å². The summed E-state index contributed by atoms with van der Waals surface area (Å²) in [6, 6.07) is 0. The Labute approximate surface area is 75.6 Å². The van der Waals surface area contributed by atoms with E-state index in [0.29, 0.717) is 5.92 Å². The van der Waals surface area contributed by atoms with Crippen molar-refractivity contribution in [2.75, 3.05) is 0 Å². The van der Waals surface area contributed by atoms with Gasteiger partial charge in [-0.3, -0.25) is 4.68 Å². The zero-order valence-corrected chi connectivity index (χ0v) is 9.05. The van der Waals surface area contributed by atoms with Crippen molar-refractivity contribution in [1.82, 2.24) is 9.78 Å². The molecule has 2 nitrogen and oxygen atoms in total. The highest BCUT2D eigenvalue weighted by atomic mass is 15.2. The van der Waals surface area contributed by atoms with Crippen LogP contribution in [0.15, 0.2) is 6.20 Å². The fourth-order valence-electron chi connectivity index (χ4n) is 1.19. The van der Waals surface area contributed by atoms with Gasteiger partial charge < -0.3 is 0 Å². The lowest BCUT2D eigenvalue weighted by molar-refractivity contribution is 0.712. The second-order valence-corrected chi connectivity index (χ2v) is 3.03. The summed E-state index contributed by atoms with van der Waals surface area (Å²) in [7, 11) is 1.96. The van der Waals surface area contributed by atoms with Gasteiger partial charge in [-0.15, -0.1) is 0 Å². The smallest absolute Gasteiger partial charge is 0.0678 e. The molecule has 0 aliphatic carbocycles. The molecule has 0 bridgehead atoms. The molecule has 1 heterocycles. The van der Waals surface area contributed by atoms with Gasteiger partial charge >= 0.3 is 0 Å². The van der Waals surface area contributed by atoms with Gasteiger partial charge in [-0.1, -0.05) is 27.7 Å². The molecule has 0 fully saturated rings. The number of aryl methyl sites for hydroxylation is 2. The molecular weight excluding hydrogens is 148 g/mol. The van der Waals surface area contributed by atoms with E-state index in [0.717, 1.165) is 0 Å². The average molecular weight is 168 g/mol. The van der Waals surface area contributed by atoms with E-state index in [2.05, 4.69) is 32.1 Å². The Morgan fingerprint density at radius 1 is 1.33 bits per heavy atom. The third-order valence-corrected chi connectivity index (χ3v) is 1.60. The van der Waals surface area contributed by atoms with Crippen LogP contribution < -0.4 is 0 Å². The van der Waals surface area contributed by atoms with Crippen molar-refractivity contribution in [3.63, 3.8) is 0 Å². The molecule has 0 aromatic carbocycles. The Balaban J connectivity index is 0.000000561. The lowest BCUT2D eigenvalue weighted by Gasteiger charge is -1.98. The van der Waals surface area contributed by atoms with Gasteiger partial charge in [0, 0.05) is 13.2 Å². The number of rotatable bonds is 1. The molecule has 0 unspecified atom stereocenters. The van der Waals surface area contributed by atoms with Crippen LogP contribution in [0.1, 0.15) is 44.9 Å². The summed E-state index contributed by atoms with van der Waals surface area (Å²) in [5, 5.41) is 4.33. The Kier molecular flexibility index (Phi) is 4.64. The van der Waals surface area contributed by atoms with Crippen LogP contribution >= 0.6 is 0 Å². The van der Waals surface area contributed by atoms with Crippen LogP contribution in [0.3, 0.4) is 0 Å². The van der Waals surface area contributed by atoms with E-state index < -0.39 is 0 Å². The third kappa shape index (κ3) is 2.68. The summed E-state index contributed by atoms with van der Waals surface area (Å²) in [6.45, 7) is 10.4. The van der Waals surface area contributed by atoms with E-state index in [1.807, 2.05) is 25.6 Å². The summed E-state index contributed by atoms with van der Waals surface area (Å²) in [4.78, 5) is 0. The highest BCUT2D eigenvalue weighted by Crippen LogP contribution is 2.15. The maximum absolute atomic E-state index is 4.33. The number of hydrogen-bond donors (Lipinski definition) is 0. The van der Waals surface area contributed by atoms with Gasteiger partial charge in [0.25, 0.3) is 0 Å². The van der Waals surface area contributed by atoms with Crippen molar-refractivity contribution in [1.29, 1.82) is 0 Å². The summed E-state index contributed by atoms with van der Waals surface area (Å²) in [5.41, 5.74) is 2.50. The van der Waals surface area contributed by atoms with Gasteiger partial charge in [0.05, 0.1) is 5.69 Å². The van der Waals surface area contributed by atoms with Crippen LogP contribution in [0, 0.1) is 6.92 Å². The van der Waals surface area contributed by atoms with Crippen molar-refractivity contribution in [3.8, 4) is 0 Å². The molecule has 1 rings (SSSR count). The van der Waals surface area contributed by atoms with Gasteiger partial charge in [0.15, 0.2) is 0 Å². The molecule has 2 heteroatoms. The standard InChI is InChI=1S/C8H14N2.C2H6/c1-6(2)8-7(3)5-10(4)9-8;1-2/h5-6H,1-4H3;1-2H3. The molecule has 0 saturated carbocycles. The lowest BCUT2D eigenvalue weighted by Crippen LogP contribution is -1.93. The topological polar surface area (TPSA) is 17.8 Å². The van der Waals surface area contributed by atoms with E-state index in [1.165, 1.54) is 11.3 Å². The second-order valence-electron chi connectivity index (χ2n) is 3.03. The summed E-state index contributed by atoms with van der Waals surface area (Å²) in [6.07, 6.45) is 2.05. The number of nitrogens with zero attached hydrogens (tertiary/aromatic N) is 2. The first kappa shape index (κ1) is 11.2. The van der Waals surface area contributed by atoms with E-state index in [4.69, 9.17) is 0 Å². The molecule has 0 amide bonds. The van der Waals surface area contributed by atoms with Crippen molar-refractivity contribution in [3.05, 3.63) is 17.5 Å². The van der Waals surface area contributed by atoms with Crippen LogP contribution in [-0.2, 0) is 7.05 Å². The SMILES string of the molecule is CC.Cc1cn(C)nc1C(C)C. The first-order chi connectivity index (χ1) is 5.61. The quantitative estimate of drug-likeness (QED) is 0.630. The van der Waals surface area contributed by atoms with Gasteiger partial charge in [-0.05, 0) is 18.4 Å². The molecular formula is C10H20N2. The van der Waals surface area contributed by atoms with Gasteiger partial charge in [-0.25, -0.2) is 0 Å². The van der Waals surface area contributed by atoms with Crippen LogP contribution in [-0.4, -0.2) is 9.78 Å². The predicted molar refractivity (Wildman–Crippen MR) is 53.4 cm³/mol. The molecule has 0 spiro atoms. The van der Waals surface area contributed by atoms with Crippen LogP contribution in [0.25, 0.3) is 0 Å². The molecule has 1 aromatic heterocycles. The van der Waals surface area contributed by atoms with Crippen molar-refractivity contribution < 1.29 is 0 Å². The molecule has 1 aromatic rings. The van der Waals surface area contributed by atoms with E-state index >= 15 is 0 Å². The van der Waals surface area contributed by atoms with E-state index in [-0.39, 0.29) is 0 Å². The Morgan fingerprint density at radius 3 is 2.00 bits per heavy atom. The van der Waals surface area contributed by atoms with Crippen molar-refractivity contribution >= 4 is 0 Å². The first-order valence-electron chi connectivity index (χ1n) is 4.61. The Morgan fingerprint density at radius 2 is 1.83 bits per heavy atom. The molecule has 0 saturated heterocycles. The zero-order chi connectivity index (χ0) is 9.72. The minimum Gasteiger partial charge on any atom is -0.275 e. The van der Waals surface area contributed by atoms with Gasteiger partial charge in [0.2, 0.25) is 0 Å². The van der Waals surface area contributed by atoms with E-state index in [9.17, 15) is 0 Å². The zero-order valence-electron chi connectivity index (χ0n) is 9.05. The van der Waals surface area contributed by atoms with Crippen LogP contribution in [0.4, 0.5) is 0 Å². The Hall–Kier alpha value is -0.790. The summed E-state index contributed by atoms with van der Waals surface area (Å²) < 4.78 is 1.87. The first-order valence-corrected chi connectivity index (χ1v) is 4.61. The maximum Gasteiger partial charge on any atom is 0.0678 e. The minimum atomic E-state index is 0.543. The van der Waals surface area contributed by atoms with Crippen molar-refractivity contribution in [2.24, 2.45) is 7.05 Å².